The van der Waals surface area contributed by atoms with E-state index in [1.54, 1.807) is 0 Å². The zero-order valence-electron chi connectivity index (χ0n) is 7.77. The summed E-state index contributed by atoms with van der Waals surface area (Å²) >= 11 is 0. The van der Waals surface area contributed by atoms with Crippen molar-refractivity contribution in [3.63, 3.8) is 0 Å². The molecule has 70 valence electrons. The van der Waals surface area contributed by atoms with Crippen molar-refractivity contribution in [3.8, 4) is 6.07 Å². The Hall–Kier alpha value is -1.79. The molecule has 0 atom stereocenters. The molecule has 0 fully saturated rings. The molecule has 3 nitrogen and oxygen atoms in total. The molecule has 2 aromatic rings. The van der Waals surface area contributed by atoms with Crippen molar-refractivity contribution < 1.29 is 0 Å². The Labute approximate surface area is 82.4 Å². The molecule has 2 N–H and O–H groups in total. The maximum absolute atomic E-state index is 8.63. The molecule has 0 aliphatic heterocycles. The third-order valence-electron chi connectivity index (χ3n) is 2.36. The second kappa shape index (κ2) is 3.52. The molecule has 0 unspecified atom stereocenters. The van der Waals surface area contributed by atoms with Crippen molar-refractivity contribution in [3.05, 3.63) is 36.0 Å². The average Bonchev–Trinajstić information content (AvgIpc) is 2.62. The first kappa shape index (κ1) is 8.79. The van der Waals surface area contributed by atoms with Gasteiger partial charge in [0.2, 0.25) is 0 Å². The quantitative estimate of drug-likeness (QED) is 0.773. The molecule has 0 saturated carbocycles. The first-order chi connectivity index (χ1) is 6.86. The first-order valence-electron chi connectivity index (χ1n) is 4.50. The third kappa shape index (κ3) is 1.26. The van der Waals surface area contributed by atoms with Gasteiger partial charge in [0.05, 0.1) is 6.07 Å². The number of fused-ring (bicyclic) bond motifs is 1. The number of nitrogens with two attached hydrogens (primary N) is 1. The van der Waals surface area contributed by atoms with Crippen LogP contribution in [-0.2, 0) is 13.1 Å². The standard InChI is InChI=1S/C11H11N3/c12-5-7-14-6-4-10-9(8-13)2-1-3-11(10)14/h1-4,6H,7-8,13H2. The highest BCUT2D eigenvalue weighted by atomic mass is 14.9. The van der Waals surface area contributed by atoms with Crippen LogP contribution in [0.1, 0.15) is 5.56 Å². The second-order valence-corrected chi connectivity index (χ2v) is 3.16. The van der Waals surface area contributed by atoms with E-state index in [2.05, 4.69) is 6.07 Å². The van der Waals surface area contributed by atoms with Crippen LogP contribution in [-0.4, -0.2) is 4.57 Å². The lowest BCUT2D eigenvalue weighted by Gasteiger charge is -2.01. The molecule has 14 heavy (non-hydrogen) atoms. The zero-order valence-corrected chi connectivity index (χ0v) is 7.77. The van der Waals surface area contributed by atoms with E-state index in [0.29, 0.717) is 13.1 Å². The topological polar surface area (TPSA) is 54.7 Å². The van der Waals surface area contributed by atoms with Crippen LogP contribution in [0.2, 0.25) is 0 Å². The molecular weight excluding hydrogens is 174 g/mol. The number of nitrogens with zero attached hydrogens (tertiary/aromatic N) is 2. The Balaban J connectivity index is 2.64. The summed E-state index contributed by atoms with van der Waals surface area (Å²) in [5, 5.41) is 9.77. The summed E-state index contributed by atoms with van der Waals surface area (Å²) in [5.74, 6) is 0. The summed E-state index contributed by atoms with van der Waals surface area (Å²) in [5.41, 5.74) is 7.83. The van der Waals surface area contributed by atoms with E-state index < -0.39 is 0 Å². The molecule has 0 aliphatic carbocycles. The lowest BCUT2D eigenvalue weighted by atomic mass is 10.1. The monoisotopic (exact) mass is 185 g/mol. The summed E-state index contributed by atoms with van der Waals surface area (Å²) in [4.78, 5) is 0. The van der Waals surface area contributed by atoms with Crippen molar-refractivity contribution in [1.29, 1.82) is 5.26 Å². The molecule has 0 radical (unpaired) electrons. The van der Waals surface area contributed by atoms with E-state index in [1.165, 1.54) is 0 Å². The number of benzene rings is 1. The minimum absolute atomic E-state index is 0.386. The minimum atomic E-state index is 0.386. The van der Waals surface area contributed by atoms with Crippen LogP contribution in [0.5, 0.6) is 0 Å². The van der Waals surface area contributed by atoms with Crippen molar-refractivity contribution >= 4 is 10.9 Å². The lowest BCUT2D eigenvalue weighted by molar-refractivity contribution is 0.874. The van der Waals surface area contributed by atoms with Crippen LogP contribution in [0.4, 0.5) is 0 Å². The van der Waals surface area contributed by atoms with Crippen molar-refractivity contribution in [2.24, 2.45) is 5.73 Å². The van der Waals surface area contributed by atoms with Gasteiger partial charge < -0.3 is 10.3 Å². The van der Waals surface area contributed by atoms with Crippen LogP contribution in [0.3, 0.4) is 0 Å². The van der Waals surface area contributed by atoms with Gasteiger partial charge in [-0.1, -0.05) is 12.1 Å². The number of nitriles is 1. The van der Waals surface area contributed by atoms with Gasteiger partial charge in [-0.15, -0.1) is 0 Å². The summed E-state index contributed by atoms with van der Waals surface area (Å²) in [6.07, 6.45) is 1.92. The summed E-state index contributed by atoms with van der Waals surface area (Å²) in [7, 11) is 0. The van der Waals surface area contributed by atoms with E-state index in [-0.39, 0.29) is 0 Å². The fraction of sp³-hybridized carbons (Fsp3) is 0.182. The van der Waals surface area contributed by atoms with Crippen molar-refractivity contribution in [2.45, 2.75) is 13.1 Å². The van der Waals surface area contributed by atoms with Crippen molar-refractivity contribution in [2.75, 3.05) is 0 Å². The molecule has 0 aliphatic rings. The number of hydrogen-bond acceptors (Lipinski definition) is 2. The van der Waals surface area contributed by atoms with Crippen LogP contribution >= 0.6 is 0 Å². The summed E-state index contributed by atoms with van der Waals surface area (Å²) in [6.45, 7) is 0.922. The predicted octanol–water partition coefficient (Wildman–Crippen LogP) is 1.62. The summed E-state index contributed by atoms with van der Waals surface area (Å²) in [6, 6.07) is 10.1. The normalized spacial score (nSPS) is 10.3. The Kier molecular flexibility index (Phi) is 2.21. The first-order valence-corrected chi connectivity index (χ1v) is 4.50. The zero-order chi connectivity index (χ0) is 9.97. The van der Waals surface area contributed by atoms with Gasteiger partial charge in [-0.2, -0.15) is 5.26 Å². The molecule has 0 bridgehead atoms. The molecule has 1 heterocycles. The Morgan fingerprint density at radius 2 is 2.21 bits per heavy atom. The van der Waals surface area contributed by atoms with E-state index >= 15 is 0 Å². The Morgan fingerprint density at radius 3 is 2.93 bits per heavy atom. The third-order valence-corrected chi connectivity index (χ3v) is 2.36. The van der Waals surface area contributed by atoms with Gasteiger partial charge in [-0.25, -0.2) is 0 Å². The van der Waals surface area contributed by atoms with Crippen LogP contribution < -0.4 is 5.73 Å². The van der Waals surface area contributed by atoms with Crippen LogP contribution in [0.25, 0.3) is 10.9 Å². The van der Waals surface area contributed by atoms with Gasteiger partial charge in [0.1, 0.15) is 6.54 Å². The largest absolute Gasteiger partial charge is 0.334 e. The van der Waals surface area contributed by atoms with Gasteiger partial charge in [0.15, 0.2) is 0 Å². The molecule has 0 saturated heterocycles. The highest BCUT2D eigenvalue weighted by Gasteiger charge is 2.03. The fourth-order valence-corrected chi connectivity index (χ4v) is 1.68. The Bertz CT molecular complexity index is 491. The predicted molar refractivity (Wildman–Crippen MR) is 55.4 cm³/mol. The fourth-order valence-electron chi connectivity index (χ4n) is 1.68. The molecule has 0 spiro atoms. The van der Waals surface area contributed by atoms with Crippen LogP contribution in [0, 0.1) is 11.3 Å². The molecule has 1 aromatic carbocycles. The number of rotatable bonds is 2. The van der Waals surface area contributed by atoms with Gasteiger partial charge >= 0.3 is 0 Å². The average molecular weight is 185 g/mol. The Morgan fingerprint density at radius 1 is 1.36 bits per heavy atom. The second-order valence-electron chi connectivity index (χ2n) is 3.16. The van der Waals surface area contributed by atoms with Crippen molar-refractivity contribution in [1.82, 2.24) is 4.57 Å². The maximum Gasteiger partial charge on any atom is 0.110 e. The highest BCUT2D eigenvalue weighted by molar-refractivity contribution is 5.83. The minimum Gasteiger partial charge on any atom is -0.334 e. The van der Waals surface area contributed by atoms with Gasteiger partial charge in [0, 0.05) is 23.6 Å². The maximum atomic E-state index is 8.63. The van der Waals surface area contributed by atoms with Gasteiger partial charge in [-0.3, -0.25) is 0 Å². The highest BCUT2D eigenvalue weighted by Crippen LogP contribution is 2.19. The van der Waals surface area contributed by atoms with Crippen LogP contribution in [0.15, 0.2) is 30.5 Å². The van der Waals surface area contributed by atoms with E-state index in [0.717, 1.165) is 16.5 Å². The molecule has 3 heteroatoms. The molecule has 1 aromatic heterocycles. The lowest BCUT2D eigenvalue weighted by Crippen LogP contribution is -1.97. The number of aromatic nitrogens is 1. The van der Waals surface area contributed by atoms with Gasteiger partial charge in [-0.05, 0) is 17.7 Å². The van der Waals surface area contributed by atoms with E-state index in [9.17, 15) is 0 Å². The molecule has 0 amide bonds. The smallest absolute Gasteiger partial charge is 0.110 e. The molecule has 2 rings (SSSR count). The van der Waals surface area contributed by atoms with E-state index in [1.807, 2.05) is 35.0 Å². The summed E-state index contributed by atoms with van der Waals surface area (Å²) < 4.78 is 1.93. The van der Waals surface area contributed by atoms with E-state index in [4.69, 9.17) is 11.0 Å². The number of hydrogen-bond donors (Lipinski definition) is 1. The van der Waals surface area contributed by atoms with Gasteiger partial charge in [0.25, 0.3) is 0 Å². The SMILES string of the molecule is N#CCn1ccc2c(CN)cccc21. The molecular formula is C11H11N3.